The second kappa shape index (κ2) is 6.03. The summed E-state index contributed by atoms with van der Waals surface area (Å²) >= 11 is 0. The molecule has 2 aromatic rings. The third-order valence-corrected chi connectivity index (χ3v) is 3.34. The molecule has 0 atom stereocenters. The van der Waals surface area contributed by atoms with E-state index in [1.807, 2.05) is 13.8 Å². The van der Waals surface area contributed by atoms with E-state index >= 15 is 0 Å². The van der Waals surface area contributed by atoms with Gasteiger partial charge in [-0.25, -0.2) is 8.78 Å². The van der Waals surface area contributed by atoms with E-state index in [2.05, 4.69) is 5.10 Å². The standard InChI is InChI=1S/C15H17F2N3O/c1-4-19(3)15(21)13-9-14(20(5-2)18-13)10-6-7-11(16)12(17)8-10/h6-9H,4-5H2,1-3H3. The molecule has 0 bridgehead atoms. The lowest BCUT2D eigenvalue weighted by Crippen LogP contribution is -2.26. The summed E-state index contributed by atoms with van der Waals surface area (Å²) in [6.45, 7) is 4.83. The molecule has 2 rings (SSSR count). The summed E-state index contributed by atoms with van der Waals surface area (Å²) in [5.41, 5.74) is 1.37. The zero-order valence-corrected chi connectivity index (χ0v) is 12.2. The summed E-state index contributed by atoms with van der Waals surface area (Å²) in [5.74, 6) is -2.02. The highest BCUT2D eigenvalue weighted by Crippen LogP contribution is 2.23. The van der Waals surface area contributed by atoms with Gasteiger partial charge in [-0.05, 0) is 38.1 Å². The monoisotopic (exact) mass is 293 g/mol. The van der Waals surface area contributed by atoms with Crippen molar-refractivity contribution < 1.29 is 13.6 Å². The average Bonchev–Trinajstić information content (AvgIpc) is 2.92. The molecule has 0 aliphatic carbocycles. The summed E-state index contributed by atoms with van der Waals surface area (Å²) in [5, 5.41) is 4.24. The molecule has 1 aromatic carbocycles. The maximum Gasteiger partial charge on any atom is 0.274 e. The number of halogens is 2. The summed E-state index contributed by atoms with van der Waals surface area (Å²) in [4.78, 5) is 13.7. The molecule has 1 amide bonds. The zero-order valence-electron chi connectivity index (χ0n) is 12.2. The topological polar surface area (TPSA) is 38.1 Å². The summed E-state index contributed by atoms with van der Waals surface area (Å²) in [7, 11) is 1.69. The van der Waals surface area contributed by atoms with Crippen LogP contribution >= 0.6 is 0 Å². The number of amides is 1. The predicted octanol–water partition coefficient (Wildman–Crippen LogP) is 2.94. The van der Waals surface area contributed by atoms with Crippen molar-refractivity contribution in [3.8, 4) is 11.3 Å². The van der Waals surface area contributed by atoms with Gasteiger partial charge >= 0.3 is 0 Å². The molecular formula is C15H17F2N3O. The Morgan fingerprint density at radius 3 is 2.52 bits per heavy atom. The normalized spacial score (nSPS) is 10.7. The van der Waals surface area contributed by atoms with Gasteiger partial charge in [0.15, 0.2) is 17.3 Å². The van der Waals surface area contributed by atoms with Gasteiger partial charge in [0.1, 0.15) is 0 Å². The van der Waals surface area contributed by atoms with Gasteiger partial charge in [-0.3, -0.25) is 9.48 Å². The maximum absolute atomic E-state index is 13.4. The summed E-state index contributed by atoms with van der Waals surface area (Å²) in [6.07, 6.45) is 0. The number of carbonyl (C=O) groups excluding carboxylic acids is 1. The van der Waals surface area contributed by atoms with E-state index in [-0.39, 0.29) is 5.91 Å². The third-order valence-electron chi connectivity index (χ3n) is 3.34. The Labute approximate surface area is 122 Å². The molecule has 0 spiro atoms. The largest absolute Gasteiger partial charge is 0.341 e. The Balaban J connectivity index is 2.46. The van der Waals surface area contributed by atoms with Crippen LogP contribution in [0.4, 0.5) is 8.78 Å². The molecule has 4 nitrogen and oxygen atoms in total. The number of aromatic nitrogens is 2. The van der Waals surface area contributed by atoms with E-state index in [9.17, 15) is 13.6 Å². The van der Waals surface area contributed by atoms with Crippen molar-refractivity contribution in [1.29, 1.82) is 0 Å². The molecule has 1 heterocycles. The lowest BCUT2D eigenvalue weighted by molar-refractivity contribution is 0.0795. The van der Waals surface area contributed by atoms with Crippen LogP contribution in [0.25, 0.3) is 11.3 Å². The van der Waals surface area contributed by atoms with Crippen LogP contribution in [0.2, 0.25) is 0 Å². The van der Waals surface area contributed by atoms with Gasteiger partial charge in [0, 0.05) is 25.7 Å². The van der Waals surface area contributed by atoms with Crippen molar-refractivity contribution >= 4 is 5.91 Å². The first-order valence-electron chi connectivity index (χ1n) is 6.76. The fourth-order valence-corrected chi connectivity index (χ4v) is 1.99. The molecule has 0 unspecified atom stereocenters. The molecule has 1 aromatic heterocycles. The van der Waals surface area contributed by atoms with Gasteiger partial charge < -0.3 is 4.90 Å². The average molecular weight is 293 g/mol. The van der Waals surface area contributed by atoms with Crippen LogP contribution < -0.4 is 0 Å². The lowest BCUT2D eigenvalue weighted by Gasteiger charge is -2.11. The van der Waals surface area contributed by atoms with Gasteiger partial charge in [0.2, 0.25) is 0 Å². The first-order valence-corrected chi connectivity index (χ1v) is 6.76. The first kappa shape index (κ1) is 15.2. The van der Waals surface area contributed by atoms with Gasteiger partial charge in [-0.15, -0.1) is 0 Å². The molecule has 21 heavy (non-hydrogen) atoms. The second-order valence-corrected chi connectivity index (χ2v) is 4.68. The van der Waals surface area contributed by atoms with Crippen molar-refractivity contribution in [2.75, 3.05) is 13.6 Å². The van der Waals surface area contributed by atoms with E-state index in [4.69, 9.17) is 0 Å². The molecule has 0 saturated carbocycles. The van der Waals surface area contributed by atoms with Crippen molar-refractivity contribution in [1.82, 2.24) is 14.7 Å². The Kier molecular flexibility index (Phi) is 4.35. The van der Waals surface area contributed by atoms with Gasteiger partial charge in [-0.1, -0.05) is 0 Å². The van der Waals surface area contributed by atoms with Gasteiger partial charge in [0.05, 0.1) is 5.69 Å². The van der Waals surface area contributed by atoms with Crippen LogP contribution in [0.5, 0.6) is 0 Å². The van der Waals surface area contributed by atoms with Crippen LogP contribution in [0.1, 0.15) is 24.3 Å². The summed E-state index contributed by atoms with van der Waals surface area (Å²) in [6, 6.07) is 5.25. The quantitative estimate of drug-likeness (QED) is 0.869. The predicted molar refractivity (Wildman–Crippen MR) is 75.9 cm³/mol. The van der Waals surface area contributed by atoms with E-state index in [0.717, 1.165) is 12.1 Å². The molecule has 0 saturated heterocycles. The third kappa shape index (κ3) is 2.94. The number of nitrogens with zero attached hydrogens (tertiary/aromatic N) is 3. The van der Waals surface area contributed by atoms with E-state index in [0.29, 0.717) is 30.0 Å². The van der Waals surface area contributed by atoms with Gasteiger partial charge in [0.25, 0.3) is 5.91 Å². The van der Waals surface area contributed by atoms with E-state index in [1.54, 1.807) is 17.8 Å². The minimum atomic E-state index is -0.921. The molecule has 0 fully saturated rings. The minimum Gasteiger partial charge on any atom is -0.341 e. The molecule has 112 valence electrons. The van der Waals surface area contributed by atoms with Crippen LogP contribution in [-0.2, 0) is 6.54 Å². The van der Waals surface area contributed by atoms with E-state index in [1.165, 1.54) is 11.0 Å². The first-order chi connectivity index (χ1) is 9.97. The smallest absolute Gasteiger partial charge is 0.274 e. The van der Waals surface area contributed by atoms with Gasteiger partial charge in [-0.2, -0.15) is 5.10 Å². The van der Waals surface area contributed by atoms with Crippen molar-refractivity contribution in [3.05, 3.63) is 41.6 Å². The fourth-order valence-electron chi connectivity index (χ4n) is 1.99. The van der Waals surface area contributed by atoms with Crippen LogP contribution in [0.15, 0.2) is 24.3 Å². The Morgan fingerprint density at radius 1 is 1.24 bits per heavy atom. The molecular weight excluding hydrogens is 276 g/mol. The highest BCUT2D eigenvalue weighted by atomic mass is 19.2. The number of aryl methyl sites for hydroxylation is 1. The maximum atomic E-state index is 13.4. The number of hydrogen-bond acceptors (Lipinski definition) is 2. The molecule has 0 radical (unpaired) electrons. The Hall–Kier alpha value is -2.24. The van der Waals surface area contributed by atoms with Crippen molar-refractivity contribution in [2.24, 2.45) is 0 Å². The van der Waals surface area contributed by atoms with Crippen molar-refractivity contribution in [3.63, 3.8) is 0 Å². The molecule has 0 N–H and O–H groups in total. The highest BCUT2D eigenvalue weighted by Gasteiger charge is 2.18. The van der Waals surface area contributed by atoms with Crippen molar-refractivity contribution in [2.45, 2.75) is 20.4 Å². The molecule has 0 aliphatic heterocycles. The minimum absolute atomic E-state index is 0.200. The van der Waals surface area contributed by atoms with Crippen LogP contribution in [0.3, 0.4) is 0 Å². The number of carbonyl (C=O) groups is 1. The highest BCUT2D eigenvalue weighted by molar-refractivity contribution is 5.93. The SMILES string of the molecule is CCN(C)C(=O)c1cc(-c2ccc(F)c(F)c2)n(CC)n1. The zero-order chi connectivity index (χ0) is 15.6. The number of benzene rings is 1. The lowest BCUT2D eigenvalue weighted by atomic mass is 10.1. The van der Waals surface area contributed by atoms with Crippen LogP contribution in [0, 0.1) is 11.6 Å². The second-order valence-electron chi connectivity index (χ2n) is 4.68. The fraction of sp³-hybridized carbons (Fsp3) is 0.333. The molecule has 0 aliphatic rings. The molecule has 6 heteroatoms. The number of rotatable bonds is 4. The Bertz CT molecular complexity index is 667. The van der Waals surface area contributed by atoms with E-state index < -0.39 is 11.6 Å². The van der Waals surface area contributed by atoms with Crippen LogP contribution in [-0.4, -0.2) is 34.2 Å². The number of hydrogen-bond donors (Lipinski definition) is 0. The Morgan fingerprint density at radius 2 is 1.95 bits per heavy atom. The summed E-state index contributed by atoms with van der Waals surface area (Å²) < 4.78 is 28.0.